The topological polar surface area (TPSA) is 81.4 Å². The average Bonchev–Trinajstić information content (AvgIpc) is 2.67. The van der Waals surface area contributed by atoms with E-state index in [1.807, 2.05) is 13.8 Å². The minimum atomic E-state index is -0.892. The lowest BCUT2D eigenvalue weighted by molar-refractivity contribution is -0.141. The highest BCUT2D eigenvalue weighted by molar-refractivity contribution is 5.86. The summed E-state index contributed by atoms with van der Waals surface area (Å²) in [5.41, 5.74) is -0.321. The van der Waals surface area contributed by atoms with Crippen LogP contribution in [-0.4, -0.2) is 35.0 Å². The molecule has 0 aromatic heterocycles. The highest BCUT2D eigenvalue weighted by Gasteiger charge is 2.33. The number of hydrogen-bond acceptors (Lipinski definition) is 3. The number of nitrogens with zero attached hydrogens (tertiary/aromatic N) is 2. The van der Waals surface area contributed by atoms with Crippen molar-refractivity contribution in [1.29, 1.82) is 5.26 Å². The first-order chi connectivity index (χ1) is 8.35. The lowest BCUT2D eigenvalue weighted by Gasteiger charge is -2.18. The van der Waals surface area contributed by atoms with E-state index in [0.717, 1.165) is 19.3 Å². The van der Waals surface area contributed by atoms with Gasteiger partial charge in [0.15, 0.2) is 0 Å². The summed E-state index contributed by atoms with van der Waals surface area (Å²) in [5, 5.41) is 17.7. The number of carboxylic acids is 1. The van der Waals surface area contributed by atoms with Gasteiger partial charge in [-0.15, -0.1) is 0 Å². The summed E-state index contributed by atoms with van der Waals surface area (Å²) in [6, 6.07) is 2.24. The number of carbonyl (C=O) groups is 2. The minimum absolute atomic E-state index is 0.0676. The third kappa shape index (κ3) is 4.02. The number of rotatable bonds is 6. The lowest BCUT2D eigenvalue weighted by atomic mass is 9.89. The Kier molecular flexibility index (Phi) is 4.71. The van der Waals surface area contributed by atoms with Crippen molar-refractivity contribution in [3.63, 3.8) is 0 Å². The van der Waals surface area contributed by atoms with E-state index in [1.54, 1.807) is 4.90 Å². The second-order valence-electron chi connectivity index (χ2n) is 5.53. The monoisotopic (exact) mass is 252 g/mol. The maximum Gasteiger partial charge on any atom is 0.308 e. The molecule has 1 rings (SSSR count). The van der Waals surface area contributed by atoms with Gasteiger partial charge in [-0.05, 0) is 26.7 Å². The van der Waals surface area contributed by atoms with E-state index >= 15 is 0 Å². The molecule has 5 nitrogen and oxygen atoms in total. The summed E-state index contributed by atoms with van der Waals surface area (Å²) in [4.78, 5) is 23.9. The Morgan fingerprint density at radius 2 is 2.22 bits per heavy atom. The van der Waals surface area contributed by atoms with Gasteiger partial charge in [-0.1, -0.05) is 6.42 Å². The average molecular weight is 252 g/mol. The van der Waals surface area contributed by atoms with Gasteiger partial charge >= 0.3 is 5.97 Å². The molecule has 1 amide bonds. The SMILES string of the molecule is CC(C)(C#N)CCCCN1CC(C(=O)O)CC1=O. The molecule has 0 aliphatic carbocycles. The largest absolute Gasteiger partial charge is 0.481 e. The van der Waals surface area contributed by atoms with E-state index in [0.29, 0.717) is 13.1 Å². The van der Waals surface area contributed by atoms with Crippen LogP contribution in [0.5, 0.6) is 0 Å². The molecule has 0 aromatic rings. The number of carboxylic acid groups (broad SMARTS) is 1. The van der Waals surface area contributed by atoms with Crippen molar-refractivity contribution in [3.05, 3.63) is 0 Å². The summed E-state index contributed by atoms with van der Waals surface area (Å²) >= 11 is 0. The smallest absolute Gasteiger partial charge is 0.308 e. The van der Waals surface area contributed by atoms with Crippen molar-refractivity contribution in [2.45, 2.75) is 39.5 Å². The van der Waals surface area contributed by atoms with E-state index in [4.69, 9.17) is 10.4 Å². The Morgan fingerprint density at radius 3 is 2.72 bits per heavy atom. The van der Waals surface area contributed by atoms with E-state index in [9.17, 15) is 9.59 Å². The molecule has 1 aliphatic rings. The fourth-order valence-corrected chi connectivity index (χ4v) is 2.08. The Balaban J connectivity index is 2.27. The Hall–Kier alpha value is -1.57. The predicted molar refractivity (Wildman–Crippen MR) is 65.6 cm³/mol. The summed E-state index contributed by atoms with van der Waals surface area (Å²) in [6.45, 7) is 4.73. The van der Waals surface area contributed by atoms with Gasteiger partial charge in [0, 0.05) is 19.5 Å². The molecule has 1 saturated heterocycles. The Morgan fingerprint density at radius 1 is 1.56 bits per heavy atom. The number of aliphatic carboxylic acids is 1. The first-order valence-electron chi connectivity index (χ1n) is 6.27. The van der Waals surface area contributed by atoms with Crippen LogP contribution in [-0.2, 0) is 9.59 Å². The fraction of sp³-hybridized carbons (Fsp3) is 0.769. The molecule has 0 bridgehead atoms. The van der Waals surface area contributed by atoms with Crippen LogP contribution in [0.25, 0.3) is 0 Å². The van der Waals surface area contributed by atoms with Crippen molar-refractivity contribution >= 4 is 11.9 Å². The van der Waals surface area contributed by atoms with Crippen LogP contribution in [0.2, 0.25) is 0 Å². The van der Waals surface area contributed by atoms with Crippen LogP contribution in [0.4, 0.5) is 0 Å². The van der Waals surface area contributed by atoms with Gasteiger partial charge in [-0.25, -0.2) is 0 Å². The van der Waals surface area contributed by atoms with Crippen LogP contribution in [0.1, 0.15) is 39.5 Å². The molecule has 1 unspecified atom stereocenters. The molecule has 1 atom stereocenters. The zero-order chi connectivity index (χ0) is 13.8. The van der Waals surface area contributed by atoms with Crippen molar-refractivity contribution in [1.82, 2.24) is 4.90 Å². The van der Waals surface area contributed by atoms with Gasteiger partial charge < -0.3 is 10.0 Å². The highest BCUT2D eigenvalue weighted by Crippen LogP contribution is 2.23. The maximum absolute atomic E-state index is 11.5. The van der Waals surface area contributed by atoms with Crippen molar-refractivity contribution in [2.24, 2.45) is 11.3 Å². The number of unbranched alkanes of at least 4 members (excludes halogenated alkanes) is 1. The first kappa shape index (κ1) is 14.5. The zero-order valence-corrected chi connectivity index (χ0v) is 11.0. The lowest BCUT2D eigenvalue weighted by Crippen LogP contribution is -2.27. The zero-order valence-electron chi connectivity index (χ0n) is 11.0. The molecule has 1 aliphatic heterocycles. The number of carbonyl (C=O) groups excluding carboxylic acids is 1. The standard InChI is InChI=1S/C13H20N2O3/c1-13(2,9-14)5-3-4-6-15-8-10(12(17)18)7-11(15)16/h10H,3-8H2,1-2H3,(H,17,18). The molecular formula is C13H20N2O3. The predicted octanol–water partition coefficient (Wildman–Crippen LogP) is 1.64. The van der Waals surface area contributed by atoms with E-state index in [1.165, 1.54) is 0 Å². The number of amides is 1. The van der Waals surface area contributed by atoms with Crippen LogP contribution in [0.3, 0.4) is 0 Å². The van der Waals surface area contributed by atoms with E-state index in [-0.39, 0.29) is 17.7 Å². The molecule has 18 heavy (non-hydrogen) atoms. The van der Waals surface area contributed by atoms with Gasteiger partial charge in [0.2, 0.25) is 5.91 Å². The molecule has 0 aromatic carbocycles. The van der Waals surface area contributed by atoms with Gasteiger partial charge in [0.05, 0.1) is 17.4 Å². The van der Waals surface area contributed by atoms with Crippen LogP contribution < -0.4 is 0 Å². The maximum atomic E-state index is 11.5. The van der Waals surface area contributed by atoms with Gasteiger partial charge in [-0.3, -0.25) is 9.59 Å². The molecule has 1 N–H and O–H groups in total. The van der Waals surface area contributed by atoms with Crippen LogP contribution in [0, 0.1) is 22.7 Å². The summed E-state index contributed by atoms with van der Waals surface area (Å²) < 4.78 is 0. The van der Waals surface area contributed by atoms with Crippen molar-refractivity contribution in [3.8, 4) is 6.07 Å². The van der Waals surface area contributed by atoms with E-state index in [2.05, 4.69) is 6.07 Å². The molecule has 0 saturated carbocycles. The molecule has 0 radical (unpaired) electrons. The summed E-state index contributed by atoms with van der Waals surface area (Å²) in [6.07, 6.45) is 2.62. The molecule has 100 valence electrons. The van der Waals surface area contributed by atoms with Crippen LogP contribution >= 0.6 is 0 Å². The molecule has 1 heterocycles. The normalized spacial score (nSPS) is 19.9. The van der Waals surface area contributed by atoms with Crippen molar-refractivity contribution < 1.29 is 14.7 Å². The van der Waals surface area contributed by atoms with Gasteiger partial charge in [0.1, 0.15) is 0 Å². The number of likely N-dealkylation sites (tertiary alicyclic amines) is 1. The Bertz CT molecular complexity index is 371. The summed E-state index contributed by atoms with van der Waals surface area (Å²) in [5.74, 6) is -1.51. The summed E-state index contributed by atoms with van der Waals surface area (Å²) in [7, 11) is 0. The third-order valence-electron chi connectivity index (χ3n) is 3.35. The number of hydrogen-bond donors (Lipinski definition) is 1. The fourth-order valence-electron chi connectivity index (χ4n) is 2.08. The second-order valence-corrected chi connectivity index (χ2v) is 5.53. The molecular weight excluding hydrogens is 232 g/mol. The molecule has 5 heteroatoms. The first-order valence-corrected chi connectivity index (χ1v) is 6.27. The highest BCUT2D eigenvalue weighted by atomic mass is 16.4. The van der Waals surface area contributed by atoms with Crippen LogP contribution in [0.15, 0.2) is 0 Å². The minimum Gasteiger partial charge on any atom is -0.481 e. The quantitative estimate of drug-likeness (QED) is 0.728. The second kappa shape index (κ2) is 5.85. The third-order valence-corrected chi connectivity index (χ3v) is 3.35. The van der Waals surface area contributed by atoms with E-state index < -0.39 is 11.9 Å². The Labute approximate surface area is 107 Å². The molecule has 1 fully saturated rings. The molecule has 0 spiro atoms. The van der Waals surface area contributed by atoms with Crippen molar-refractivity contribution in [2.75, 3.05) is 13.1 Å². The van der Waals surface area contributed by atoms with Gasteiger partial charge in [-0.2, -0.15) is 5.26 Å². The number of nitriles is 1. The van der Waals surface area contributed by atoms with Gasteiger partial charge in [0.25, 0.3) is 0 Å².